The number of hydrogen-bond donors (Lipinski definition) is 3. The van der Waals surface area contributed by atoms with Crippen molar-refractivity contribution in [2.45, 2.75) is 13.8 Å². The number of hydrogen-bond acceptors (Lipinski definition) is 5. The zero-order valence-electron chi connectivity index (χ0n) is 13.5. The Hall–Kier alpha value is -2.79. The minimum atomic E-state index is 0.451. The Morgan fingerprint density at radius 3 is 2.25 bits per heavy atom. The summed E-state index contributed by atoms with van der Waals surface area (Å²) in [5.74, 6) is 1.10. The van der Waals surface area contributed by atoms with Crippen LogP contribution in [0.4, 0.5) is 28.7 Å². The zero-order valence-corrected chi connectivity index (χ0v) is 14.2. The van der Waals surface area contributed by atoms with Crippen LogP contribution < -0.4 is 16.4 Å². The van der Waals surface area contributed by atoms with Gasteiger partial charge in [-0.05, 0) is 49.7 Å². The molecule has 122 valence electrons. The van der Waals surface area contributed by atoms with Crippen molar-refractivity contribution in [1.82, 2.24) is 9.97 Å². The lowest BCUT2D eigenvalue weighted by atomic mass is 10.1. The van der Waals surface area contributed by atoms with Crippen LogP contribution >= 0.6 is 11.6 Å². The Morgan fingerprint density at radius 1 is 0.917 bits per heavy atom. The van der Waals surface area contributed by atoms with E-state index in [-0.39, 0.29) is 0 Å². The van der Waals surface area contributed by atoms with Gasteiger partial charge in [0.25, 0.3) is 0 Å². The Balaban J connectivity index is 1.86. The number of nitrogens with two attached hydrogens (primary N) is 1. The van der Waals surface area contributed by atoms with E-state index in [9.17, 15) is 0 Å². The summed E-state index contributed by atoms with van der Waals surface area (Å²) >= 11 is 5.90. The number of benzene rings is 2. The highest BCUT2D eigenvalue weighted by atomic mass is 35.5. The van der Waals surface area contributed by atoms with Crippen LogP contribution in [0.2, 0.25) is 5.02 Å². The Morgan fingerprint density at radius 2 is 1.58 bits per heavy atom. The number of aromatic nitrogens is 2. The van der Waals surface area contributed by atoms with E-state index in [1.165, 1.54) is 11.9 Å². The molecule has 0 aliphatic rings. The van der Waals surface area contributed by atoms with Gasteiger partial charge in [-0.2, -0.15) is 0 Å². The van der Waals surface area contributed by atoms with Crippen molar-refractivity contribution < 1.29 is 0 Å². The van der Waals surface area contributed by atoms with E-state index in [4.69, 9.17) is 17.3 Å². The topological polar surface area (TPSA) is 75.9 Å². The van der Waals surface area contributed by atoms with E-state index >= 15 is 0 Å². The summed E-state index contributed by atoms with van der Waals surface area (Å²) in [6.07, 6.45) is 1.47. The maximum Gasteiger partial charge on any atom is 0.159 e. The highest BCUT2D eigenvalue weighted by molar-refractivity contribution is 6.30. The molecule has 6 heteroatoms. The highest BCUT2D eigenvalue weighted by Gasteiger charge is 2.10. The number of nitrogens with zero attached hydrogens (tertiary/aromatic N) is 2. The minimum absolute atomic E-state index is 0.451. The molecule has 0 bridgehead atoms. The predicted molar refractivity (Wildman–Crippen MR) is 100 cm³/mol. The van der Waals surface area contributed by atoms with Crippen LogP contribution in [-0.4, -0.2) is 9.97 Å². The van der Waals surface area contributed by atoms with Crippen molar-refractivity contribution >= 4 is 40.3 Å². The van der Waals surface area contributed by atoms with Crippen molar-refractivity contribution in [2.75, 3.05) is 16.4 Å². The smallest absolute Gasteiger partial charge is 0.159 e. The molecule has 2 aromatic carbocycles. The predicted octanol–water partition coefficient (Wildman–Crippen LogP) is 4.82. The van der Waals surface area contributed by atoms with E-state index in [0.717, 1.165) is 16.9 Å². The van der Waals surface area contributed by atoms with Crippen LogP contribution in [0, 0.1) is 13.8 Å². The monoisotopic (exact) mass is 339 g/mol. The lowest BCUT2D eigenvalue weighted by molar-refractivity contribution is 1.17. The van der Waals surface area contributed by atoms with E-state index in [1.807, 2.05) is 31.2 Å². The molecule has 0 radical (unpaired) electrons. The van der Waals surface area contributed by atoms with Gasteiger partial charge < -0.3 is 16.4 Å². The van der Waals surface area contributed by atoms with Gasteiger partial charge in [0.05, 0.1) is 0 Å². The van der Waals surface area contributed by atoms with Crippen molar-refractivity contribution in [2.24, 2.45) is 0 Å². The Bertz CT molecular complexity index is 862. The Labute approximate surface area is 145 Å². The van der Waals surface area contributed by atoms with Gasteiger partial charge in [0.15, 0.2) is 11.6 Å². The first-order valence-electron chi connectivity index (χ1n) is 7.50. The third-order valence-electron chi connectivity index (χ3n) is 3.63. The quantitative estimate of drug-likeness (QED) is 0.635. The first kappa shape index (κ1) is 16.1. The number of anilines is 5. The molecule has 0 saturated heterocycles. The highest BCUT2D eigenvalue weighted by Crippen LogP contribution is 2.29. The second-order valence-corrected chi connectivity index (χ2v) is 6.00. The SMILES string of the molecule is Cc1ccc(Nc2ncnc(Nc3ccc(Cl)cc3)c2N)c(C)c1. The average Bonchev–Trinajstić information content (AvgIpc) is 2.55. The lowest BCUT2D eigenvalue weighted by Crippen LogP contribution is -2.05. The Kier molecular flexibility index (Phi) is 4.53. The second-order valence-electron chi connectivity index (χ2n) is 5.56. The first-order chi connectivity index (χ1) is 11.5. The van der Waals surface area contributed by atoms with Crippen LogP contribution in [0.3, 0.4) is 0 Å². The fourth-order valence-corrected chi connectivity index (χ4v) is 2.47. The van der Waals surface area contributed by atoms with Crippen molar-refractivity contribution in [3.8, 4) is 0 Å². The molecule has 24 heavy (non-hydrogen) atoms. The van der Waals surface area contributed by atoms with Crippen molar-refractivity contribution in [3.05, 3.63) is 64.9 Å². The van der Waals surface area contributed by atoms with Gasteiger partial charge >= 0.3 is 0 Å². The molecule has 0 aliphatic heterocycles. The van der Waals surface area contributed by atoms with Crippen molar-refractivity contribution in [1.29, 1.82) is 0 Å². The number of rotatable bonds is 4. The molecule has 0 amide bonds. The van der Waals surface area contributed by atoms with E-state index in [0.29, 0.717) is 22.3 Å². The summed E-state index contributed by atoms with van der Waals surface area (Å²) in [5, 5.41) is 7.11. The van der Waals surface area contributed by atoms with Crippen LogP contribution in [0.15, 0.2) is 48.8 Å². The summed E-state index contributed by atoms with van der Waals surface area (Å²) < 4.78 is 0. The van der Waals surface area contributed by atoms with Crippen LogP contribution in [0.1, 0.15) is 11.1 Å². The number of aryl methyl sites for hydroxylation is 2. The molecule has 3 aromatic rings. The molecular formula is C18H18ClN5. The summed E-state index contributed by atoms with van der Waals surface area (Å²) in [4.78, 5) is 8.46. The number of nitrogen functional groups attached to an aromatic ring is 1. The summed E-state index contributed by atoms with van der Waals surface area (Å²) in [6, 6.07) is 13.5. The van der Waals surface area contributed by atoms with Crippen LogP contribution in [0.25, 0.3) is 0 Å². The fourth-order valence-electron chi connectivity index (χ4n) is 2.35. The molecule has 5 nitrogen and oxygen atoms in total. The average molecular weight is 340 g/mol. The molecule has 0 atom stereocenters. The van der Waals surface area contributed by atoms with Gasteiger partial charge in [-0.1, -0.05) is 29.3 Å². The van der Waals surface area contributed by atoms with Crippen LogP contribution in [-0.2, 0) is 0 Å². The maximum absolute atomic E-state index is 6.21. The molecule has 1 aromatic heterocycles. The third kappa shape index (κ3) is 3.58. The molecule has 4 N–H and O–H groups in total. The van der Waals surface area contributed by atoms with Gasteiger partial charge in [-0.15, -0.1) is 0 Å². The molecule has 0 aliphatic carbocycles. The molecule has 0 spiro atoms. The fraction of sp³-hybridized carbons (Fsp3) is 0.111. The molecule has 3 rings (SSSR count). The molecular weight excluding hydrogens is 322 g/mol. The molecule has 0 fully saturated rings. The van der Waals surface area contributed by atoms with Gasteiger partial charge in [-0.3, -0.25) is 0 Å². The largest absolute Gasteiger partial charge is 0.393 e. The van der Waals surface area contributed by atoms with Gasteiger partial charge in [0.1, 0.15) is 12.0 Å². The summed E-state index contributed by atoms with van der Waals surface area (Å²) in [7, 11) is 0. The van der Waals surface area contributed by atoms with Crippen molar-refractivity contribution in [3.63, 3.8) is 0 Å². The standard InChI is InChI=1S/C18H18ClN5/c1-11-3-8-15(12(2)9-11)24-18-16(20)17(21-10-22-18)23-14-6-4-13(19)5-7-14/h3-10H,20H2,1-2H3,(H2,21,22,23,24). The number of halogens is 1. The molecule has 0 saturated carbocycles. The summed E-state index contributed by atoms with van der Waals surface area (Å²) in [6.45, 7) is 4.10. The normalized spacial score (nSPS) is 10.5. The molecule has 1 heterocycles. The van der Waals surface area contributed by atoms with Gasteiger partial charge in [0, 0.05) is 16.4 Å². The summed E-state index contributed by atoms with van der Waals surface area (Å²) in [5.41, 5.74) is 10.8. The van der Waals surface area contributed by atoms with Crippen LogP contribution in [0.5, 0.6) is 0 Å². The first-order valence-corrected chi connectivity index (χ1v) is 7.88. The maximum atomic E-state index is 6.21. The third-order valence-corrected chi connectivity index (χ3v) is 3.88. The lowest BCUT2D eigenvalue weighted by Gasteiger charge is -2.14. The zero-order chi connectivity index (χ0) is 17.1. The van der Waals surface area contributed by atoms with Gasteiger partial charge in [-0.25, -0.2) is 9.97 Å². The second kappa shape index (κ2) is 6.76. The van der Waals surface area contributed by atoms with E-state index in [1.54, 1.807) is 12.1 Å². The van der Waals surface area contributed by atoms with E-state index < -0.39 is 0 Å². The minimum Gasteiger partial charge on any atom is -0.393 e. The number of nitrogens with one attached hydrogen (secondary N) is 2. The van der Waals surface area contributed by atoms with E-state index in [2.05, 4.69) is 33.6 Å². The molecule has 0 unspecified atom stereocenters. The van der Waals surface area contributed by atoms with Gasteiger partial charge in [0.2, 0.25) is 0 Å².